The van der Waals surface area contributed by atoms with E-state index in [9.17, 15) is 10.1 Å². The van der Waals surface area contributed by atoms with Crippen LogP contribution in [0.3, 0.4) is 0 Å². The molecule has 1 amide bonds. The quantitative estimate of drug-likeness (QED) is 0.483. The number of carbonyl (C=O) groups excluding carboxylic acids is 1. The maximum atomic E-state index is 12.3. The minimum Gasteiger partial charge on any atom is -0.479 e. The van der Waals surface area contributed by atoms with Gasteiger partial charge in [-0.15, -0.1) is 0 Å². The molecule has 1 fully saturated rings. The Bertz CT molecular complexity index is 973. The van der Waals surface area contributed by atoms with E-state index in [1.165, 1.54) is 24.6 Å². The van der Waals surface area contributed by atoms with Crippen LogP contribution in [0.2, 0.25) is 0 Å². The third-order valence-electron chi connectivity index (χ3n) is 4.05. The zero-order valence-electron chi connectivity index (χ0n) is 15.4. The molecule has 3 heterocycles. The van der Waals surface area contributed by atoms with Crippen molar-refractivity contribution in [1.29, 1.82) is 10.7 Å². The predicted molar refractivity (Wildman–Crippen MR) is 106 cm³/mol. The molecular weight excluding hydrogens is 382 g/mol. The number of amides is 1. The summed E-state index contributed by atoms with van der Waals surface area (Å²) in [6.45, 7) is 2.36. The van der Waals surface area contributed by atoms with Crippen LogP contribution in [0.25, 0.3) is 10.2 Å². The van der Waals surface area contributed by atoms with Crippen molar-refractivity contribution in [2.45, 2.75) is 0 Å². The molecule has 3 N–H and O–H groups in total. The molecule has 1 saturated heterocycles. The zero-order valence-corrected chi connectivity index (χ0v) is 16.2. The number of morpholine rings is 1. The third-order valence-corrected chi connectivity index (χ3v) is 5.02. The van der Waals surface area contributed by atoms with Crippen LogP contribution < -0.4 is 20.3 Å². The molecule has 0 aromatic carbocycles. The topological polar surface area (TPSA) is 136 Å². The van der Waals surface area contributed by atoms with E-state index in [-0.39, 0.29) is 17.1 Å². The van der Waals surface area contributed by atoms with E-state index >= 15 is 0 Å². The van der Waals surface area contributed by atoms with Gasteiger partial charge in [0, 0.05) is 32.6 Å². The van der Waals surface area contributed by atoms with E-state index in [2.05, 4.69) is 26.7 Å². The Morgan fingerprint density at radius 2 is 2.18 bits per heavy atom. The first kappa shape index (κ1) is 19.5. The molecule has 2 aromatic heterocycles. The van der Waals surface area contributed by atoms with Crippen molar-refractivity contribution >= 4 is 44.5 Å². The highest BCUT2D eigenvalue weighted by Crippen LogP contribution is 2.40. The first-order valence-corrected chi connectivity index (χ1v) is 9.25. The minimum absolute atomic E-state index is 0.151. The molecule has 0 saturated carbocycles. The first-order valence-electron chi connectivity index (χ1n) is 8.43. The van der Waals surface area contributed by atoms with Gasteiger partial charge in [-0.05, 0) is 0 Å². The van der Waals surface area contributed by atoms with Crippen molar-refractivity contribution in [2.75, 3.05) is 50.7 Å². The second kappa shape index (κ2) is 8.64. The molecule has 1 aliphatic heterocycles. The van der Waals surface area contributed by atoms with Crippen molar-refractivity contribution in [1.82, 2.24) is 15.3 Å². The molecule has 0 unspecified atom stereocenters. The number of aromatic nitrogens is 2. The van der Waals surface area contributed by atoms with E-state index in [1.807, 2.05) is 4.90 Å². The fourth-order valence-corrected chi connectivity index (χ4v) is 3.82. The lowest BCUT2D eigenvalue weighted by Gasteiger charge is -2.29. The van der Waals surface area contributed by atoms with Gasteiger partial charge >= 0.3 is 0 Å². The standard InChI is InChI=1S/C17H19N7O3S/c1-20-9-10(7-18)15(25)23-17-22-12-14(28-17)13(24-3-5-27-6-4-24)11(8-19)21-16(12)26-2/h7,9,18,20H,3-6H2,1-2H3,(H,22,23,25)/b10-9+,18-7?. The maximum Gasteiger partial charge on any atom is 0.260 e. The Morgan fingerprint density at radius 1 is 1.43 bits per heavy atom. The monoisotopic (exact) mass is 401 g/mol. The smallest absolute Gasteiger partial charge is 0.260 e. The highest BCUT2D eigenvalue weighted by Gasteiger charge is 2.25. The highest BCUT2D eigenvalue weighted by molar-refractivity contribution is 7.23. The molecule has 0 atom stereocenters. The number of nitrogens with zero attached hydrogens (tertiary/aromatic N) is 4. The van der Waals surface area contributed by atoms with E-state index in [0.717, 1.165) is 6.21 Å². The van der Waals surface area contributed by atoms with Gasteiger partial charge in [-0.2, -0.15) is 10.2 Å². The number of methoxy groups -OCH3 is 1. The summed E-state index contributed by atoms with van der Waals surface area (Å²) in [6.07, 6.45) is 2.37. The van der Waals surface area contributed by atoms with Crippen molar-refractivity contribution in [3.8, 4) is 11.9 Å². The Balaban J connectivity index is 2.08. The van der Waals surface area contributed by atoms with Crippen LogP contribution in [0.1, 0.15) is 5.69 Å². The maximum absolute atomic E-state index is 12.3. The van der Waals surface area contributed by atoms with Crippen LogP contribution >= 0.6 is 11.3 Å². The van der Waals surface area contributed by atoms with Gasteiger partial charge in [-0.1, -0.05) is 11.3 Å². The molecule has 28 heavy (non-hydrogen) atoms. The van der Waals surface area contributed by atoms with Gasteiger partial charge < -0.3 is 25.1 Å². The van der Waals surface area contributed by atoms with E-state index < -0.39 is 5.91 Å². The molecule has 3 rings (SSSR count). The molecule has 2 aromatic rings. The molecule has 1 aliphatic rings. The number of ether oxygens (including phenoxy) is 2. The molecule has 0 spiro atoms. The summed E-state index contributed by atoms with van der Waals surface area (Å²) in [7, 11) is 3.10. The molecule has 0 radical (unpaired) electrons. The summed E-state index contributed by atoms with van der Waals surface area (Å²) < 4.78 is 11.4. The number of nitrogens with one attached hydrogen (secondary N) is 3. The average Bonchev–Trinajstić information content (AvgIpc) is 3.14. The van der Waals surface area contributed by atoms with Crippen molar-refractivity contribution < 1.29 is 14.3 Å². The van der Waals surface area contributed by atoms with Crippen molar-refractivity contribution in [3.63, 3.8) is 0 Å². The SMILES string of the molecule is CN/C=C(\C=N)C(=O)Nc1nc2c(OC)nc(C#N)c(N3CCOCC3)c2s1. The number of fused-ring (bicyclic) bond motifs is 1. The van der Waals surface area contributed by atoms with Crippen LogP contribution in [-0.2, 0) is 9.53 Å². The molecule has 146 valence electrons. The molecule has 10 nitrogen and oxygen atoms in total. The molecule has 0 aliphatic carbocycles. The predicted octanol–water partition coefficient (Wildman–Crippen LogP) is 1.10. The fourth-order valence-electron chi connectivity index (χ4n) is 2.79. The summed E-state index contributed by atoms with van der Waals surface area (Å²) in [5.41, 5.74) is 1.52. The summed E-state index contributed by atoms with van der Waals surface area (Å²) in [5.74, 6) is -0.248. The molecule has 11 heteroatoms. The fraction of sp³-hybridized carbons (Fsp3) is 0.353. The Morgan fingerprint density at radius 3 is 2.79 bits per heavy atom. The second-order valence-corrected chi connectivity index (χ2v) is 6.71. The number of nitriles is 1. The number of pyridine rings is 1. The van der Waals surface area contributed by atoms with Gasteiger partial charge in [0.25, 0.3) is 5.91 Å². The molecular formula is C17H19N7O3S. The van der Waals surface area contributed by atoms with Crippen molar-refractivity contribution in [3.05, 3.63) is 17.5 Å². The lowest BCUT2D eigenvalue weighted by molar-refractivity contribution is -0.112. The van der Waals surface area contributed by atoms with Gasteiger partial charge in [0.1, 0.15) is 11.6 Å². The Kier molecular flexibility index (Phi) is 6.03. The van der Waals surface area contributed by atoms with Gasteiger partial charge in [0.05, 0.1) is 36.3 Å². The highest BCUT2D eigenvalue weighted by atomic mass is 32.1. The van der Waals surface area contributed by atoms with Gasteiger partial charge in [-0.3, -0.25) is 10.1 Å². The Labute approximate surface area is 165 Å². The van der Waals surface area contributed by atoms with Crippen LogP contribution in [0, 0.1) is 16.7 Å². The van der Waals surface area contributed by atoms with Crippen LogP contribution in [0.15, 0.2) is 11.8 Å². The molecule has 0 bridgehead atoms. The van der Waals surface area contributed by atoms with Crippen molar-refractivity contribution in [2.24, 2.45) is 0 Å². The summed E-state index contributed by atoms with van der Waals surface area (Å²) >= 11 is 1.23. The van der Waals surface area contributed by atoms with Gasteiger partial charge in [-0.25, -0.2) is 4.98 Å². The summed E-state index contributed by atoms with van der Waals surface area (Å²) in [4.78, 5) is 23.1. The lowest BCUT2D eigenvalue weighted by atomic mass is 10.2. The zero-order chi connectivity index (χ0) is 20.1. The largest absolute Gasteiger partial charge is 0.479 e. The first-order chi connectivity index (χ1) is 13.6. The lowest BCUT2D eigenvalue weighted by Crippen LogP contribution is -2.36. The second-order valence-electron chi connectivity index (χ2n) is 5.71. The summed E-state index contributed by atoms with van der Waals surface area (Å²) in [6, 6.07) is 2.12. The van der Waals surface area contributed by atoms with Crippen LogP contribution in [-0.4, -0.2) is 62.6 Å². The van der Waals surface area contributed by atoms with E-state index in [1.54, 1.807) is 7.05 Å². The van der Waals surface area contributed by atoms with E-state index in [4.69, 9.17) is 14.9 Å². The number of rotatable bonds is 6. The third kappa shape index (κ3) is 3.73. The van der Waals surface area contributed by atoms with E-state index in [0.29, 0.717) is 47.3 Å². The van der Waals surface area contributed by atoms with Gasteiger partial charge in [0.15, 0.2) is 10.8 Å². The number of thiazole rings is 1. The number of hydrogen-bond acceptors (Lipinski definition) is 10. The van der Waals surface area contributed by atoms with Crippen LogP contribution in [0.5, 0.6) is 5.88 Å². The van der Waals surface area contributed by atoms with Crippen LogP contribution in [0.4, 0.5) is 10.8 Å². The number of hydrogen-bond donors (Lipinski definition) is 3. The normalized spacial score (nSPS) is 14.5. The average molecular weight is 401 g/mol. The number of anilines is 2. The Hall–Kier alpha value is -3.23. The summed E-state index contributed by atoms with van der Waals surface area (Å²) in [5, 5.41) is 22.7. The van der Waals surface area contributed by atoms with Gasteiger partial charge in [0.2, 0.25) is 5.88 Å². The minimum atomic E-state index is -0.469. The number of carbonyl (C=O) groups is 1.